The van der Waals surface area contributed by atoms with Gasteiger partial charge in [0.25, 0.3) is 0 Å². The van der Waals surface area contributed by atoms with E-state index in [1.54, 1.807) is 6.92 Å². The van der Waals surface area contributed by atoms with E-state index >= 15 is 0 Å². The number of rotatable bonds is 8. The molecule has 0 amide bonds. The molecular weight excluding hydrogens is 350 g/mol. The summed E-state index contributed by atoms with van der Waals surface area (Å²) in [5.41, 5.74) is 8.30. The molecular formula is C15H23N3O8. The summed E-state index contributed by atoms with van der Waals surface area (Å²) in [5.74, 6) is -2.14. The maximum Gasteiger partial charge on any atom is 0.303 e. The lowest BCUT2D eigenvalue weighted by Gasteiger charge is -2.43. The van der Waals surface area contributed by atoms with Crippen LogP contribution in [0.5, 0.6) is 0 Å². The van der Waals surface area contributed by atoms with Crippen LogP contribution in [-0.2, 0) is 38.1 Å². The zero-order valence-electron chi connectivity index (χ0n) is 15.1. The Labute approximate surface area is 150 Å². The van der Waals surface area contributed by atoms with Crippen LogP contribution >= 0.6 is 0 Å². The summed E-state index contributed by atoms with van der Waals surface area (Å²) in [6.45, 7) is 5.32. The maximum atomic E-state index is 11.4. The molecule has 5 unspecified atom stereocenters. The largest absolute Gasteiger partial charge is 0.463 e. The summed E-state index contributed by atoms with van der Waals surface area (Å²) in [4.78, 5) is 36.6. The Bertz CT molecular complexity index is 561. The van der Waals surface area contributed by atoms with Crippen molar-refractivity contribution in [3.05, 3.63) is 10.4 Å². The molecule has 0 aliphatic carbocycles. The Kier molecular flexibility index (Phi) is 8.83. The molecule has 0 aromatic carbocycles. The second-order valence-corrected chi connectivity index (χ2v) is 5.68. The number of nitrogens with zero attached hydrogens (tertiary/aromatic N) is 3. The quantitative estimate of drug-likeness (QED) is 0.153. The van der Waals surface area contributed by atoms with Crippen LogP contribution in [0.4, 0.5) is 0 Å². The van der Waals surface area contributed by atoms with Crippen molar-refractivity contribution in [1.82, 2.24) is 0 Å². The van der Waals surface area contributed by atoms with Crippen molar-refractivity contribution < 1.29 is 38.1 Å². The van der Waals surface area contributed by atoms with Crippen molar-refractivity contribution in [2.75, 3.05) is 19.8 Å². The lowest BCUT2D eigenvalue weighted by Crippen LogP contribution is -2.58. The van der Waals surface area contributed by atoms with Gasteiger partial charge in [0.05, 0.1) is 6.61 Å². The molecule has 0 spiro atoms. The molecule has 1 aliphatic rings. The van der Waals surface area contributed by atoms with Gasteiger partial charge in [-0.3, -0.25) is 14.4 Å². The molecule has 1 rings (SSSR count). The van der Waals surface area contributed by atoms with Crippen molar-refractivity contribution in [2.24, 2.45) is 11.0 Å². The van der Waals surface area contributed by atoms with E-state index in [1.807, 2.05) is 0 Å². The van der Waals surface area contributed by atoms with Gasteiger partial charge in [-0.15, -0.1) is 0 Å². The standard InChI is InChI=1S/C15H23N3O8/c1-8-13(24-10(3)20)12(7-23-9(2)19)26-15(14(8)25-11(4)21)22-6-5-17-18-16/h8,12-15H,5-7H2,1-4H3. The number of esters is 3. The van der Waals surface area contributed by atoms with Gasteiger partial charge in [-0.25, -0.2) is 0 Å². The summed E-state index contributed by atoms with van der Waals surface area (Å²) in [5, 5.41) is 3.35. The Morgan fingerprint density at radius 3 is 2.23 bits per heavy atom. The molecule has 0 N–H and O–H groups in total. The number of carbonyl (C=O) groups is 3. The van der Waals surface area contributed by atoms with E-state index < -0.39 is 48.4 Å². The first-order valence-electron chi connectivity index (χ1n) is 8.02. The van der Waals surface area contributed by atoms with Gasteiger partial charge < -0.3 is 23.7 Å². The summed E-state index contributed by atoms with van der Waals surface area (Å²) in [6, 6.07) is 0. The number of hydrogen-bond acceptors (Lipinski definition) is 9. The Morgan fingerprint density at radius 2 is 1.69 bits per heavy atom. The third kappa shape index (κ3) is 6.87. The minimum absolute atomic E-state index is 0.0255. The first-order chi connectivity index (χ1) is 12.3. The predicted octanol–water partition coefficient (Wildman–Crippen LogP) is 1.10. The van der Waals surface area contributed by atoms with E-state index in [0.29, 0.717) is 0 Å². The predicted molar refractivity (Wildman–Crippen MR) is 85.5 cm³/mol. The number of carbonyl (C=O) groups excluding carboxylic acids is 3. The number of hydrogen-bond donors (Lipinski definition) is 0. The number of azide groups is 1. The molecule has 1 saturated heterocycles. The highest BCUT2D eigenvalue weighted by atomic mass is 16.7. The Morgan fingerprint density at radius 1 is 1.08 bits per heavy atom. The smallest absolute Gasteiger partial charge is 0.303 e. The molecule has 5 atom stereocenters. The zero-order chi connectivity index (χ0) is 19.7. The fourth-order valence-corrected chi connectivity index (χ4v) is 2.55. The van der Waals surface area contributed by atoms with Crippen molar-refractivity contribution in [1.29, 1.82) is 0 Å². The van der Waals surface area contributed by atoms with E-state index in [0.717, 1.165) is 0 Å². The van der Waals surface area contributed by atoms with E-state index in [1.165, 1.54) is 20.8 Å². The van der Waals surface area contributed by atoms with Crippen LogP contribution in [0.3, 0.4) is 0 Å². The monoisotopic (exact) mass is 373 g/mol. The highest BCUT2D eigenvalue weighted by Gasteiger charge is 2.48. The van der Waals surface area contributed by atoms with Crippen LogP contribution in [0.1, 0.15) is 27.7 Å². The normalized spacial score (nSPS) is 27.8. The average Bonchev–Trinajstić information content (AvgIpc) is 2.54. The maximum absolute atomic E-state index is 11.4. The molecule has 1 aliphatic heterocycles. The third-order valence-electron chi connectivity index (χ3n) is 3.57. The van der Waals surface area contributed by atoms with E-state index in [-0.39, 0.29) is 19.8 Å². The van der Waals surface area contributed by atoms with Gasteiger partial charge in [-0.2, -0.15) is 0 Å². The second kappa shape index (κ2) is 10.6. The van der Waals surface area contributed by atoms with Gasteiger partial charge in [0.15, 0.2) is 12.4 Å². The van der Waals surface area contributed by atoms with Crippen molar-refractivity contribution in [2.45, 2.75) is 52.3 Å². The molecule has 1 fully saturated rings. The van der Waals surface area contributed by atoms with Gasteiger partial charge in [-0.1, -0.05) is 12.0 Å². The van der Waals surface area contributed by atoms with Gasteiger partial charge in [0, 0.05) is 38.1 Å². The fourth-order valence-electron chi connectivity index (χ4n) is 2.55. The highest BCUT2D eigenvalue weighted by molar-refractivity contribution is 5.67. The molecule has 0 saturated carbocycles. The summed E-state index contributed by atoms with van der Waals surface area (Å²) < 4.78 is 26.8. The van der Waals surface area contributed by atoms with Crippen LogP contribution in [0.15, 0.2) is 5.11 Å². The van der Waals surface area contributed by atoms with Crippen molar-refractivity contribution in [3.63, 3.8) is 0 Å². The van der Waals surface area contributed by atoms with Crippen molar-refractivity contribution >= 4 is 17.9 Å². The van der Waals surface area contributed by atoms with E-state index in [2.05, 4.69) is 10.0 Å². The first kappa shape index (κ1) is 21.7. The molecule has 11 heteroatoms. The fraction of sp³-hybridized carbons (Fsp3) is 0.800. The summed E-state index contributed by atoms with van der Waals surface area (Å²) in [7, 11) is 0. The minimum Gasteiger partial charge on any atom is -0.463 e. The third-order valence-corrected chi connectivity index (χ3v) is 3.57. The SMILES string of the molecule is CC(=O)OCC1OC(OCCN=[N+]=[N-])C(OC(C)=O)C(C)C1OC(C)=O. The number of ether oxygens (including phenoxy) is 5. The molecule has 146 valence electrons. The molecule has 0 radical (unpaired) electrons. The average molecular weight is 373 g/mol. The van der Waals surface area contributed by atoms with E-state index in [9.17, 15) is 14.4 Å². The Balaban J connectivity index is 2.97. The molecule has 0 bridgehead atoms. The highest BCUT2D eigenvalue weighted by Crippen LogP contribution is 2.31. The van der Waals surface area contributed by atoms with Gasteiger partial charge in [0.1, 0.15) is 18.8 Å². The van der Waals surface area contributed by atoms with E-state index in [4.69, 9.17) is 29.2 Å². The first-order valence-corrected chi connectivity index (χ1v) is 8.02. The van der Waals surface area contributed by atoms with Crippen LogP contribution in [-0.4, -0.2) is 62.3 Å². The lowest BCUT2D eigenvalue weighted by molar-refractivity contribution is -0.293. The zero-order valence-corrected chi connectivity index (χ0v) is 15.1. The van der Waals surface area contributed by atoms with Crippen molar-refractivity contribution in [3.8, 4) is 0 Å². The Hall–Kier alpha value is -2.36. The second-order valence-electron chi connectivity index (χ2n) is 5.68. The molecule has 1 heterocycles. The lowest BCUT2D eigenvalue weighted by atomic mass is 9.90. The van der Waals surface area contributed by atoms with Crippen LogP contribution in [0.2, 0.25) is 0 Å². The minimum atomic E-state index is -1.00. The molecule has 11 nitrogen and oxygen atoms in total. The molecule has 0 aromatic heterocycles. The summed E-state index contributed by atoms with van der Waals surface area (Å²) >= 11 is 0. The molecule has 26 heavy (non-hydrogen) atoms. The topological polar surface area (TPSA) is 146 Å². The van der Waals surface area contributed by atoms with Crippen LogP contribution < -0.4 is 0 Å². The van der Waals surface area contributed by atoms with Gasteiger partial charge >= 0.3 is 17.9 Å². The van der Waals surface area contributed by atoms with Gasteiger partial charge in [0.2, 0.25) is 0 Å². The van der Waals surface area contributed by atoms with Gasteiger partial charge in [-0.05, 0) is 5.53 Å². The summed E-state index contributed by atoms with van der Waals surface area (Å²) in [6.07, 6.45) is -3.49. The molecule has 0 aromatic rings. The van der Waals surface area contributed by atoms with Crippen LogP contribution in [0.25, 0.3) is 10.4 Å². The van der Waals surface area contributed by atoms with Crippen LogP contribution in [0, 0.1) is 5.92 Å².